The summed E-state index contributed by atoms with van der Waals surface area (Å²) in [6.07, 6.45) is 21.4. The minimum absolute atomic E-state index is 0.197. The highest BCUT2D eigenvalue weighted by Gasteiger charge is 2.55. The fourth-order valence-electron chi connectivity index (χ4n) is 12.9. The van der Waals surface area contributed by atoms with Crippen molar-refractivity contribution in [3.63, 3.8) is 0 Å². The molecule has 0 amide bonds. The Labute approximate surface area is 419 Å². The second-order valence-corrected chi connectivity index (χ2v) is 20.8. The maximum atomic E-state index is 6.92. The van der Waals surface area contributed by atoms with E-state index in [4.69, 9.17) is 29.3 Å². The smallest absolute Gasteiger partial charge is 0.179 e. The van der Waals surface area contributed by atoms with Crippen molar-refractivity contribution >= 4 is 22.7 Å². The number of hydrogen-bond acceptors (Lipinski definition) is 6. The van der Waals surface area contributed by atoms with Crippen LogP contribution >= 0.6 is 0 Å². The summed E-state index contributed by atoms with van der Waals surface area (Å²) in [6.45, 7) is 4.80. The molecule has 15 rings (SSSR count). The quantitative estimate of drug-likeness (QED) is 0.165. The fraction of sp³-hybridized carbons (Fsp3) is 0.167. The highest BCUT2D eigenvalue weighted by molar-refractivity contribution is 5.99. The Morgan fingerprint density at radius 2 is 1.22 bits per heavy atom. The summed E-state index contributed by atoms with van der Waals surface area (Å²) in [5.41, 5.74) is 20.2. The van der Waals surface area contributed by atoms with Crippen LogP contribution in [0.1, 0.15) is 91.0 Å². The number of fused-ring (bicyclic) bond motifs is 13. The van der Waals surface area contributed by atoms with Gasteiger partial charge < -0.3 is 4.42 Å². The van der Waals surface area contributed by atoms with E-state index in [0.717, 1.165) is 99.2 Å². The second kappa shape index (κ2) is 15.6. The molecule has 1 saturated carbocycles. The van der Waals surface area contributed by atoms with Gasteiger partial charge in [0, 0.05) is 44.7 Å². The molecule has 6 heteroatoms. The predicted octanol–water partition coefficient (Wildman–Crippen LogP) is 15.9. The molecule has 2 unspecified atom stereocenters. The molecular weight excluding hydrogens is 879 g/mol. The molecule has 3 heterocycles. The van der Waals surface area contributed by atoms with Gasteiger partial charge in [-0.3, -0.25) is 0 Å². The molecule has 6 nitrogen and oxygen atoms in total. The van der Waals surface area contributed by atoms with Gasteiger partial charge in [-0.1, -0.05) is 190 Å². The monoisotopic (exact) mass is 927 g/mol. The second-order valence-electron chi connectivity index (χ2n) is 20.8. The van der Waals surface area contributed by atoms with E-state index in [1.54, 1.807) is 0 Å². The summed E-state index contributed by atoms with van der Waals surface area (Å²) in [6, 6.07) is 52.3. The first-order valence-corrected chi connectivity index (χ1v) is 25.6. The van der Waals surface area contributed by atoms with E-state index in [9.17, 15) is 0 Å². The average Bonchev–Trinajstić information content (AvgIpc) is 4.07. The summed E-state index contributed by atoms with van der Waals surface area (Å²) in [5, 5.41) is 0. The summed E-state index contributed by atoms with van der Waals surface area (Å²) in [7, 11) is 0. The van der Waals surface area contributed by atoms with E-state index in [0.29, 0.717) is 35.1 Å². The molecule has 1 spiro atoms. The van der Waals surface area contributed by atoms with Gasteiger partial charge >= 0.3 is 0 Å². The number of nitrogens with zero attached hydrogens (tertiary/aromatic N) is 5. The minimum atomic E-state index is -0.573. The van der Waals surface area contributed by atoms with Crippen molar-refractivity contribution in [3.8, 4) is 67.9 Å². The van der Waals surface area contributed by atoms with Gasteiger partial charge in [-0.15, -0.1) is 0 Å². The van der Waals surface area contributed by atoms with Crippen molar-refractivity contribution in [1.29, 1.82) is 0 Å². The van der Waals surface area contributed by atoms with Crippen molar-refractivity contribution in [2.45, 2.75) is 62.7 Å². The lowest BCUT2D eigenvalue weighted by Gasteiger charge is -2.48. The molecule has 3 aromatic heterocycles. The molecule has 0 saturated heterocycles. The van der Waals surface area contributed by atoms with Crippen molar-refractivity contribution in [3.05, 3.63) is 232 Å². The maximum Gasteiger partial charge on any atom is 0.179 e. The summed E-state index contributed by atoms with van der Waals surface area (Å²) < 4.78 is 6.92. The number of rotatable bonds is 6. The Kier molecular flexibility index (Phi) is 8.96. The third kappa shape index (κ3) is 6.05. The molecule has 0 N–H and O–H groups in total. The molecule has 9 aromatic rings. The van der Waals surface area contributed by atoms with E-state index in [-0.39, 0.29) is 5.41 Å². The summed E-state index contributed by atoms with van der Waals surface area (Å²) in [5.74, 6) is 4.53. The van der Waals surface area contributed by atoms with Gasteiger partial charge in [-0.05, 0) is 106 Å². The number of aromatic nitrogens is 5. The average molecular weight is 928 g/mol. The van der Waals surface area contributed by atoms with Crippen LogP contribution in [0, 0.1) is 5.92 Å². The molecule has 344 valence electrons. The first-order valence-electron chi connectivity index (χ1n) is 25.6. The van der Waals surface area contributed by atoms with E-state index in [1.807, 2.05) is 36.4 Å². The third-order valence-corrected chi connectivity index (χ3v) is 16.4. The third-order valence-electron chi connectivity index (χ3n) is 16.4. The normalized spacial score (nSPS) is 20.4. The van der Waals surface area contributed by atoms with Gasteiger partial charge in [-0.25, -0.2) is 24.9 Å². The molecule has 0 bridgehead atoms. The zero-order valence-electron chi connectivity index (χ0n) is 40.2. The van der Waals surface area contributed by atoms with Crippen LogP contribution in [-0.2, 0) is 10.8 Å². The molecule has 6 aliphatic rings. The van der Waals surface area contributed by atoms with Crippen LogP contribution in [0.25, 0.3) is 90.7 Å². The molecule has 72 heavy (non-hydrogen) atoms. The highest BCUT2D eigenvalue weighted by atomic mass is 16.3. The minimum Gasteiger partial charge on any atom is -0.456 e. The Balaban J connectivity index is 1.01. The number of hydrogen-bond donors (Lipinski definition) is 0. The van der Waals surface area contributed by atoms with E-state index >= 15 is 0 Å². The molecule has 0 aliphatic heterocycles. The van der Waals surface area contributed by atoms with Crippen molar-refractivity contribution in [2.75, 3.05) is 0 Å². The first-order chi connectivity index (χ1) is 35.4. The maximum absolute atomic E-state index is 6.92. The largest absolute Gasteiger partial charge is 0.456 e. The zero-order chi connectivity index (χ0) is 47.7. The van der Waals surface area contributed by atoms with Gasteiger partial charge in [-0.2, -0.15) is 0 Å². The number of benzene rings is 6. The van der Waals surface area contributed by atoms with Crippen LogP contribution in [0.15, 0.2) is 198 Å². The van der Waals surface area contributed by atoms with Crippen LogP contribution in [0.3, 0.4) is 0 Å². The predicted molar refractivity (Wildman–Crippen MR) is 289 cm³/mol. The Morgan fingerprint density at radius 1 is 0.528 bits per heavy atom. The van der Waals surface area contributed by atoms with Gasteiger partial charge in [0.05, 0.1) is 5.41 Å². The molecule has 0 radical (unpaired) electrons. The van der Waals surface area contributed by atoms with E-state index in [1.165, 1.54) is 44.5 Å². The van der Waals surface area contributed by atoms with Crippen molar-refractivity contribution in [1.82, 2.24) is 24.9 Å². The van der Waals surface area contributed by atoms with Gasteiger partial charge in [0.2, 0.25) is 0 Å². The lowest BCUT2D eigenvalue weighted by molar-refractivity contribution is 0.536. The lowest BCUT2D eigenvalue weighted by Crippen LogP contribution is -2.41. The summed E-state index contributed by atoms with van der Waals surface area (Å²) in [4.78, 5) is 27.0. The Morgan fingerprint density at radius 3 is 2.01 bits per heavy atom. The molecule has 6 aromatic carbocycles. The van der Waals surface area contributed by atoms with E-state index < -0.39 is 5.41 Å². The fourth-order valence-corrected chi connectivity index (χ4v) is 12.9. The van der Waals surface area contributed by atoms with Crippen LogP contribution in [0.2, 0.25) is 0 Å². The lowest BCUT2D eigenvalue weighted by atomic mass is 9.54. The number of furan rings is 1. The van der Waals surface area contributed by atoms with E-state index in [2.05, 4.69) is 166 Å². The Hall–Kier alpha value is -8.35. The topological polar surface area (TPSA) is 77.6 Å². The van der Waals surface area contributed by atoms with Crippen LogP contribution in [0.5, 0.6) is 0 Å². The van der Waals surface area contributed by atoms with Crippen LogP contribution < -0.4 is 0 Å². The van der Waals surface area contributed by atoms with Crippen LogP contribution in [0.4, 0.5) is 0 Å². The highest BCUT2D eigenvalue weighted by Crippen LogP contribution is 2.65. The van der Waals surface area contributed by atoms with Crippen LogP contribution in [-0.4, -0.2) is 24.9 Å². The standard InChI is InChI=1S/C66H49N5O/c1-65(2)51-27-12-14-29-53(51)66(54-30-15-13-28-52(54)65)50-35-33-45(38-49(50)56-46(26-17-31-55(56)66)64-70-61(40-20-8-4-9-21-40)69-62(71-64)41-22-10-5-11-23-41)63-67-57(44-25-16-24-42(36-44)39-18-6-3-7-19-39)60-58(68-63)47-34-32-43-37-48(43)59(47)72-60/h4-6,8-14,16-29,31-36,38,43,48H,3,7,15,30,37H2,1-2H3/t43?,48-,66?/m0/s1. The van der Waals surface area contributed by atoms with Gasteiger partial charge in [0.15, 0.2) is 28.9 Å². The first kappa shape index (κ1) is 41.4. The number of allylic oxidation sites excluding steroid dienone is 9. The molecular formula is C66H49N5O. The SMILES string of the molecule is CC1(C)C2=C(CCC=C2)C2(c3ccc(-c4nc(-c5cccc(C6=CCCC=C6)c5)c5oc6c(c5n4)C=CC4C[C@H]64)cc3-c3c(-c4nc(-c5ccccc5)nc(-c5ccccc5)n4)cccc32)c2ccccc21. The van der Waals surface area contributed by atoms with Gasteiger partial charge in [0.1, 0.15) is 17.0 Å². The zero-order valence-corrected chi connectivity index (χ0v) is 40.2. The van der Waals surface area contributed by atoms with Gasteiger partial charge in [0.25, 0.3) is 0 Å². The molecule has 3 atom stereocenters. The van der Waals surface area contributed by atoms with Crippen molar-refractivity contribution in [2.24, 2.45) is 5.92 Å². The molecule has 6 aliphatic carbocycles. The Bertz CT molecular complexity index is 3890. The molecule has 1 fully saturated rings. The summed E-state index contributed by atoms with van der Waals surface area (Å²) >= 11 is 0. The van der Waals surface area contributed by atoms with Crippen molar-refractivity contribution < 1.29 is 4.42 Å².